The molecule has 0 fully saturated rings. The summed E-state index contributed by atoms with van der Waals surface area (Å²) < 4.78 is 1.93. The van der Waals surface area contributed by atoms with Gasteiger partial charge in [0.1, 0.15) is 0 Å². The second-order valence-corrected chi connectivity index (χ2v) is 3.74. The Morgan fingerprint density at radius 2 is 2.27 bits per heavy atom. The first kappa shape index (κ1) is 11.8. The van der Waals surface area contributed by atoms with Crippen LogP contribution in [0.25, 0.3) is 0 Å². The van der Waals surface area contributed by atoms with E-state index in [1.165, 1.54) is 5.69 Å². The van der Waals surface area contributed by atoms with Crippen LogP contribution >= 0.6 is 0 Å². The molecule has 1 unspecified atom stereocenters. The Morgan fingerprint density at radius 1 is 1.60 bits per heavy atom. The molecule has 4 heteroatoms. The first-order valence-electron chi connectivity index (χ1n) is 5.36. The van der Waals surface area contributed by atoms with Crippen molar-refractivity contribution in [2.75, 3.05) is 0 Å². The number of carbonyl (C=O) groups is 1. The zero-order chi connectivity index (χ0) is 11.4. The van der Waals surface area contributed by atoms with Crippen LogP contribution in [0.4, 0.5) is 0 Å². The van der Waals surface area contributed by atoms with E-state index in [9.17, 15) is 4.79 Å². The summed E-state index contributed by atoms with van der Waals surface area (Å²) in [7, 11) is 0. The highest BCUT2D eigenvalue weighted by molar-refractivity contribution is 5.69. The summed E-state index contributed by atoms with van der Waals surface area (Å²) in [6.45, 7) is 6.66. The molecule has 1 atom stereocenters. The fourth-order valence-corrected chi connectivity index (χ4v) is 1.57. The highest BCUT2D eigenvalue weighted by atomic mass is 16.4. The number of aliphatic carboxylic acids is 1. The predicted molar refractivity (Wildman–Crippen MR) is 57.8 cm³/mol. The van der Waals surface area contributed by atoms with Crippen LogP contribution in [0.3, 0.4) is 0 Å². The van der Waals surface area contributed by atoms with Crippen LogP contribution in [0.5, 0.6) is 0 Å². The molecule has 0 spiro atoms. The van der Waals surface area contributed by atoms with Crippen molar-refractivity contribution in [2.24, 2.45) is 5.92 Å². The minimum absolute atomic E-state index is 0.366. The van der Waals surface area contributed by atoms with Gasteiger partial charge >= 0.3 is 5.97 Å². The molecule has 1 N–H and O–H groups in total. The Balaban J connectivity index is 2.78. The average Bonchev–Trinajstić information content (AvgIpc) is 2.59. The Bertz CT molecular complexity index is 323. The van der Waals surface area contributed by atoms with Gasteiger partial charge in [-0.15, -0.1) is 0 Å². The Kier molecular flexibility index (Phi) is 3.88. The van der Waals surface area contributed by atoms with E-state index in [1.54, 1.807) is 6.92 Å². The zero-order valence-corrected chi connectivity index (χ0v) is 9.53. The van der Waals surface area contributed by atoms with Gasteiger partial charge in [-0.2, -0.15) is 5.10 Å². The third-order valence-electron chi connectivity index (χ3n) is 2.51. The van der Waals surface area contributed by atoms with E-state index in [0.29, 0.717) is 6.42 Å². The first-order valence-corrected chi connectivity index (χ1v) is 5.36. The second-order valence-electron chi connectivity index (χ2n) is 3.74. The fourth-order valence-electron chi connectivity index (χ4n) is 1.57. The highest BCUT2D eigenvalue weighted by Crippen LogP contribution is 2.10. The van der Waals surface area contributed by atoms with Crippen LogP contribution < -0.4 is 0 Å². The van der Waals surface area contributed by atoms with Crippen LogP contribution in [0.2, 0.25) is 0 Å². The van der Waals surface area contributed by atoms with Gasteiger partial charge in [-0.1, -0.05) is 13.8 Å². The Labute approximate surface area is 89.9 Å². The maximum Gasteiger partial charge on any atom is 0.306 e. The second kappa shape index (κ2) is 4.96. The third kappa shape index (κ3) is 2.81. The van der Waals surface area contributed by atoms with E-state index in [0.717, 1.165) is 18.7 Å². The van der Waals surface area contributed by atoms with Gasteiger partial charge in [-0.25, -0.2) is 0 Å². The number of hydrogen-bond donors (Lipinski definition) is 1. The van der Waals surface area contributed by atoms with Crippen LogP contribution in [-0.4, -0.2) is 20.9 Å². The summed E-state index contributed by atoms with van der Waals surface area (Å²) in [5, 5.41) is 13.2. The van der Waals surface area contributed by atoms with Crippen molar-refractivity contribution in [1.82, 2.24) is 9.78 Å². The number of hydrogen-bond acceptors (Lipinski definition) is 2. The number of rotatable bonds is 5. The summed E-state index contributed by atoms with van der Waals surface area (Å²) in [6, 6.07) is 2.00. The molecule has 0 aromatic carbocycles. The van der Waals surface area contributed by atoms with Crippen molar-refractivity contribution < 1.29 is 9.90 Å². The van der Waals surface area contributed by atoms with Crippen molar-refractivity contribution in [3.8, 4) is 0 Å². The maximum atomic E-state index is 10.7. The minimum atomic E-state index is -0.765. The van der Waals surface area contributed by atoms with Crippen LogP contribution in [0.15, 0.2) is 6.07 Å². The van der Waals surface area contributed by atoms with Gasteiger partial charge in [0.15, 0.2) is 0 Å². The summed E-state index contributed by atoms with van der Waals surface area (Å²) in [6.07, 6.45) is 1.44. The highest BCUT2D eigenvalue weighted by Gasteiger charge is 2.14. The smallest absolute Gasteiger partial charge is 0.306 e. The van der Waals surface area contributed by atoms with Gasteiger partial charge in [0.25, 0.3) is 0 Å². The van der Waals surface area contributed by atoms with Gasteiger partial charge in [-0.05, 0) is 19.4 Å². The van der Waals surface area contributed by atoms with E-state index in [-0.39, 0.29) is 5.92 Å². The standard InChI is InChI=1S/C11H18N2O2/c1-4-10-7-9(12-13(10)5-2)6-8(3)11(14)15/h7-8H,4-6H2,1-3H3,(H,14,15). The van der Waals surface area contributed by atoms with E-state index in [1.807, 2.05) is 17.7 Å². The third-order valence-corrected chi connectivity index (χ3v) is 2.51. The number of nitrogens with zero attached hydrogens (tertiary/aromatic N) is 2. The summed E-state index contributed by atoms with van der Waals surface area (Å²) in [5.41, 5.74) is 2.05. The van der Waals surface area contributed by atoms with Gasteiger partial charge in [-0.3, -0.25) is 9.48 Å². The molecule has 84 valence electrons. The minimum Gasteiger partial charge on any atom is -0.481 e. The maximum absolute atomic E-state index is 10.7. The van der Waals surface area contributed by atoms with E-state index < -0.39 is 5.97 Å². The topological polar surface area (TPSA) is 55.1 Å². The molecule has 0 bridgehead atoms. The molecule has 1 rings (SSSR count). The largest absolute Gasteiger partial charge is 0.481 e. The summed E-state index contributed by atoms with van der Waals surface area (Å²) in [4.78, 5) is 10.7. The lowest BCUT2D eigenvalue weighted by molar-refractivity contribution is -0.141. The fraction of sp³-hybridized carbons (Fsp3) is 0.636. The van der Waals surface area contributed by atoms with Crippen molar-refractivity contribution in [1.29, 1.82) is 0 Å². The quantitative estimate of drug-likeness (QED) is 0.805. The van der Waals surface area contributed by atoms with Gasteiger partial charge in [0.05, 0.1) is 11.6 Å². The molecule has 15 heavy (non-hydrogen) atoms. The molecule has 0 radical (unpaired) electrons. The van der Waals surface area contributed by atoms with Crippen LogP contribution in [-0.2, 0) is 24.2 Å². The molecule has 0 aliphatic heterocycles. The Hall–Kier alpha value is -1.32. The summed E-state index contributed by atoms with van der Waals surface area (Å²) >= 11 is 0. The lowest BCUT2D eigenvalue weighted by Crippen LogP contribution is -2.12. The lowest BCUT2D eigenvalue weighted by atomic mass is 10.1. The van der Waals surface area contributed by atoms with Gasteiger partial charge in [0.2, 0.25) is 0 Å². The van der Waals surface area contributed by atoms with Crippen LogP contribution in [0, 0.1) is 5.92 Å². The molecular formula is C11H18N2O2. The monoisotopic (exact) mass is 210 g/mol. The first-order chi connectivity index (χ1) is 7.08. The number of aromatic nitrogens is 2. The predicted octanol–water partition coefficient (Wildman–Crippen LogP) is 1.73. The zero-order valence-electron chi connectivity index (χ0n) is 9.53. The molecule has 1 heterocycles. The van der Waals surface area contributed by atoms with Gasteiger partial charge in [0, 0.05) is 18.7 Å². The van der Waals surface area contributed by atoms with E-state index >= 15 is 0 Å². The lowest BCUT2D eigenvalue weighted by Gasteiger charge is -2.02. The molecule has 0 aliphatic carbocycles. The normalized spacial score (nSPS) is 12.7. The number of carboxylic acid groups (broad SMARTS) is 1. The molecular weight excluding hydrogens is 192 g/mol. The Morgan fingerprint density at radius 3 is 2.67 bits per heavy atom. The van der Waals surface area contributed by atoms with Gasteiger partial charge < -0.3 is 5.11 Å². The molecule has 0 saturated heterocycles. The SMILES string of the molecule is CCc1cc(CC(C)C(=O)O)nn1CC. The molecule has 0 aliphatic rings. The average molecular weight is 210 g/mol. The molecule has 1 aromatic rings. The van der Waals surface area contributed by atoms with E-state index in [4.69, 9.17) is 5.11 Å². The molecule has 4 nitrogen and oxygen atoms in total. The van der Waals surface area contributed by atoms with E-state index in [2.05, 4.69) is 12.0 Å². The van der Waals surface area contributed by atoms with Crippen molar-refractivity contribution in [3.63, 3.8) is 0 Å². The van der Waals surface area contributed by atoms with Crippen molar-refractivity contribution in [3.05, 3.63) is 17.5 Å². The molecule has 0 saturated carbocycles. The summed E-state index contributed by atoms with van der Waals surface area (Å²) in [5.74, 6) is -1.13. The van der Waals surface area contributed by atoms with Crippen molar-refractivity contribution >= 4 is 5.97 Å². The number of carboxylic acids is 1. The van der Waals surface area contributed by atoms with Crippen molar-refractivity contribution in [2.45, 2.75) is 40.2 Å². The van der Waals surface area contributed by atoms with Crippen LogP contribution in [0.1, 0.15) is 32.2 Å². The molecule has 1 aromatic heterocycles. The number of aryl methyl sites for hydroxylation is 2. The molecule has 0 amide bonds.